The molecule has 1 rings (SSSR count). The topological polar surface area (TPSA) is 403 Å². The van der Waals surface area contributed by atoms with Crippen molar-refractivity contribution in [2.45, 2.75) is 237 Å². The second-order valence-electron chi connectivity index (χ2n) is 24.7. The van der Waals surface area contributed by atoms with E-state index in [1.807, 2.05) is 13.8 Å². The van der Waals surface area contributed by atoms with Crippen LogP contribution in [0.1, 0.15) is 212 Å². The Morgan fingerprint density at radius 2 is 1.22 bits per heavy atom. The number of carbonyl (C=O) groups is 8. The number of unbranched alkanes of at least 4 members (excludes halogenated alkanes) is 16. The summed E-state index contributed by atoms with van der Waals surface area (Å²) in [6.45, 7) is 8.82. The number of nitrogens with zero attached hydrogens (tertiary/aromatic N) is 1. The van der Waals surface area contributed by atoms with Gasteiger partial charge in [-0.1, -0.05) is 122 Å². The van der Waals surface area contributed by atoms with Crippen molar-refractivity contribution in [3.05, 3.63) is 42.1 Å². The molecule has 0 aliphatic heterocycles. The molecule has 0 radical (unpaired) electrons. The largest absolute Gasteiger partial charge is 0.508 e. The van der Waals surface area contributed by atoms with Gasteiger partial charge in [-0.25, -0.2) is 4.79 Å². The summed E-state index contributed by atoms with van der Waals surface area (Å²) in [5, 5.41) is 38.7. The molecule has 25 heteroatoms. The maximum Gasteiger partial charge on any atom is 0.326 e. The number of aromatic hydroxyl groups is 1. The number of amides is 3. The Morgan fingerprint density at radius 1 is 0.648 bits per heavy atom. The first-order valence-corrected chi connectivity index (χ1v) is 34.9. The number of hydrogen-bond donors (Lipinski definition) is 11. The number of nitrogens with two attached hydrogens (primary N) is 3. The first-order chi connectivity index (χ1) is 43.3. The summed E-state index contributed by atoms with van der Waals surface area (Å²) in [4.78, 5) is 105. The lowest BCUT2D eigenvalue weighted by Gasteiger charge is -2.29. The van der Waals surface area contributed by atoms with E-state index in [9.17, 15) is 57.0 Å². The Kier molecular flexibility index (Phi) is 46.5. The molecule has 0 unspecified atom stereocenters. The lowest BCUT2D eigenvalue weighted by atomic mass is 9.89. The van der Waals surface area contributed by atoms with E-state index in [4.69, 9.17) is 36.6 Å². The number of carboxylic acids is 1. The molecule has 1 aromatic carbocycles. The Labute approximate surface area is 542 Å². The average Bonchev–Trinajstić information content (AvgIpc) is 2.07. The van der Waals surface area contributed by atoms with Crippen molar-refractivity contribution in [3.8, 4) is 5.75 Å². The van der Waals surface area contributed by atoms with Gasteiger partial charge < -0.3 is 58.2 Å². The molecule has 5 atom stereocenters. The number of ether oxygens (including phenoxy) is 2. The number of benzene rings is 1. The van der Waals surface area contributed by atoms with E-state index in [1.165, 1.54) is 37.8 Å². The van der Waals surface area contributed by atoms with Crippen molar-refractivity contribution in [2.24, 2.45) is 29.0 Å². The first kappa shape index (κ1) is 83.3. The Bertz CT molecular complexity index is 2410. The lowest BCUT2D eigenvalue weighted by molar-refractivity contribution is -0.139. The number of allylic oxidation sites excluding steroid dienone is 1. The molecule has 520 valence electrons. The zero-order valence-corrected chi connectivity index (χ0v) is 55.9. The Balaban J connectivity index is 2.34. The lowest BCUT2D eigenvalue weighted by Crippen LogP contribution is -2.48. The van der Waals surface area contributed by atoms with Crippen LogP contribution in [0.3, 0.4) is 0 Å². The van der Waals surface area contributed by atoms with Crippen molar-refractivity contribution in [2.75, 3.05) is 65.4 Å². The average molecular weight is 1310 g/mol. The van der Waals surface area contributed by atoms with Gasteiger partial charge in [0.25, 0.3) is 10.1 Å². The van der Waals surface area contributed by atoms with Crippen LogP contribution in [0, 0.1) is 17.2 Å². The molecule has 0 saturated carbocycles. The highest BCUT2D eigenvalue weighted by atomic mass is 32.2. The predicted octanol–water partition coefficient (Wildman–Crippen LogP) is 6.90. The normalized spacial score (nSPS) is 13.3. The van der Waals surface area contributed by atoms with E-state index in [0.29, 0.717) is 109 Å². The molecule has 0 spiro atoms. The van der Waals surface area contributed by atoms with Crippen LogP contribution in [0.4, 0.5) is 0 Å². The number of hydrogen-bond acceptors (Lipinski definition) is 18. The standard InChI is InChI=1S/C66H115N9O15S/c1-49(2)43-55(78)46-73-57(61(80)47-75(4)59(29-20-21-30-62(68)69)60(79)45-52(64(70)82)44-51-31-33-53(76)34-32-51)28-22-23-37-72-65(83)56(67)27-19-16-18-26-54(77)48-90-41-40-89-39-38-71-63(81)36-35-58(66(84)85)74-50(3)25-17-14-12-10-8-6-5-7-9-11-13-15-24-42-91(86,87)88/h31-34,49,52,56-59,73-74,76H,3,5-30,35-48,67H2,1-2,4H3,(H3,68,69)(H2,70,82)(H,71,81)(H,72,83)(H,84,85)(H,86,87,88)/t52-,56+,57+,58+,59+/m1/s1. The number of primary amides is 1. The summed E-state index contributed by atoms with van der Waals surface area (Å²) in [6.07, 6.45) is 20.4. The van der Waals surface area contributed by atoms with Crippen LogP contribution in [-0.2, 0) is 64.4 Å². The molecule has 0 aromatic heterocycles. The summed E-state index contributed by atoms with van der Waals surface area (Å²) in [6, 6.07) is 3.15. The van der Waals surface area contributed by atoms with Crippen LogP contribution in [0.2, 0.25) is 0 Å². The minimum atomic E-state index is -3.85. The van der Waals surface area contributed by atoms with Gasteiger partial charge in [-0.3, -0.25) is 48.4 Å². The van der Waals surface area contributed by atoms with Gasteiger partial charge in [0.15, 0.2) is 17.3 Å². The number of likely N-dealkylation sites (N-methyl/N-ethyl adjacent to an activating group) is 1. The Hall–Kier alpha value is -5.70. The monoisotopic (exact) mass is 1310 g/mol. The molecule has 0 saturated heterocycles. The second-order valence-corrected chi connectivity index (χ2v) is 26.3. The number of nitrogens with one attached hydrogen (secondary N) is 5. The molecule has 0 bridgehead atoms. The predicted molar refractivity (Wildman–Crippen MR) is 354 cm³/mol. The number of aliphatic carboxylic acids is 1. The molecule has 0 heterocycles. The van der Waals surface area contributed by atoms with Gasteiger partial charge in [-0.15, -0.1) is 0 Å². The summed E-state index contributed by atoms with van der Waals surface area (Å²) in [7, 11) is -2.18. The van der Waals surface area contributed by atoms with Crippen molar-refractivity contribution in [1.82, 2.24) is 26.2 Å². The van der Waals surface area contributed by atoms with Crippen LogP contribution in [0.25, 0.3) is 0 Å². The Morgan fingerprint density at radius 3 is 1.82 bits per heavy atom. The summed E-state index contributed by atoms with van der Waals surface area (Å²) in [5.74, 6) is -3.67. The first-order valence-electron chi connectivity index (χ1n) is 33.3. The van der Waals surface area contributed by atoms with Gasteiger partial charge in [0.05, 0.1) is 62.6 Å². The fourth-order valence-electron chi connectivity index (χ4n) is 10.5. The van der Waals surface area contributed by atoms with Gasteiger partial charge in [0, 0.05) is 56.8 Å². The number of amidine groups is 1. The highest BCUT2D eigenvalue weighted by Crippen LogP contribution is 2.21. The molecule has 1 aromatic rings. The van der Waals surface area contributed by atoms with Gasteiger partial charge in [-0.05, 0) is 108 Å². The van der Waals surface area contributed by atoms with E-state index in [2.05, 4.69) is 27.8 Å². The number of Topliss-reactive ketones (excluding diaryl/α,β-unsaturated/α-hetero) is 4. The molecule has 24 nitrogen and oxygen atoms in total. The zero-order valence-electron chi connectivity index (χ0n) is 55.1. The number of carbonyl (C=O) groups excluding carboxylic acids is 7. The van der Waals surface area contributed by atoms with E-state index in [-0.39, 0.29) is 130 Å². The molecule has 0 aliphatic rings. The zero-order chi connectivity index (χ0) is 67.8. The van der Waals surface area contributed by atoms with Crippen molar-refractivity contribution >= 4 is 62.8 Å². The van der Waals surface area contributed by atoms with Gasteiger partial charge in [-0.2, -0.15) is 8.42 Å². The van der Waals surface area contributed by atoms with E-state index in [1.54, 1.807) is 24.1 Å². The van der Waals surface area contributed by atoms with Gasteiger partial charge in [0.2, 0.25) is 17.7 Å². The maximum atomic E-state index is 14.0. The van der Waals surface area contributed by atoms with Gasteiger partial charge >= 0.3 is 5.97 Å². The fourth-order valence-corrected chi connectivity index (χ4v) is 11.1. The van der Waals surface area contributed by atoms with Crippen molar-refractivity contribution in [3.63, 3.8) is 0 Å². The van der Waals surface area contributed by atoms with Crippen LogP contribution in [0.5, 0.6) is 5.75 Å². The number of phenols is 1. The third kappa shape index (κ3) is 46.1. The molecule has 14 N–H and O–H groups in total. The smallest absolute Gasteiger partial charge is 0.326 e. The van der Waals surface area contributed by atoms with E-state index >= 15 is 0 Å². The van der Waals surface area contributed by atoms with E-state index < -0.39 is 52.1 Å². The van der Waals surface area contributed by atoms with Gasteiger partial charge in [0.1, 0.15) is 24.2 Å². The van der Waals surface area contributed by atoms with E-state index in [0.717, 1.165) is 56.9 Å². The highest BCUT2D eigenvalue weighted by Gasteiger charge is 2.31. The highest BCUT2D eigenvalue weighted by molar-refractivity contribution is 7.85. The second kappa shape index (κ2) is 50.8. The minimum absolute atomic E-state index is 0.0109. The molecule has 0 aliphatic carbocycles. The summed E-state index contributed by atoms with van der Waals surface area (Å²) < 4.78 is 41.3. The van der Waals surface area contributed by atoms with Crippen LogP contribution >= 0.6 is 0 Å². The third-order valence-corrected chi connectivity index (χ3v) is 16.6. The molecular formula is C66H115N9O15S. The summed E-state index contributed by atoms with van der Waals surface area (Å²) >= 11 is 0. The molecule has 91 heavy (non-hydrogen) atoms. The third-order valence-electron chi connectivity index (χ3n) is 15.8. The van der Waals surface area contributed by atoms with Crippen LogP contribution < -0.4 is 38.5 Å². The molecule has 3 amide bonds. The number of phenolic OH excluding ortho intramolecular Hbond substituents is 1. The number of ketones is 4. The summed E-state index contributed by atoms with van der Waals surface area (Å²) in [5.41, 5.74) is 18.9. The SMILES string of the molecule is C=C(CCCCCCCCCCCCCCCS(=O)(=O)O)N[C@@H](CCC(=O)NCCOCCOCC(=O)CCCCC[C@H](N)C(=O)NCCCC[C@H](NCC(=O)CC(C)C)C(=O)CN(C)[C@@H](CCCCC(=N)N)C(=O)C[C@@H](Cc1ccc(O)cc1)C(N)=O)C(=O)O. The molecular weight excluding hydrogens is 1190 g/mol. The van der Waals surface area contributed by atoms with Crippen LogP contribution in [0.15, 0.2) is 36.5 Å². The van der Waals surface area contributed by atoms with Crippen molar-refractivity contribution in [1.29, 1.82) is 5.41 Å². The van der Waals surface area contributed by atoms with Crippen LogP contribution in [-0.4, -0.2) is 170 Å². The maximum absolute atomic E-state index is 14.0. The minimum Gasteiger partial charge on any atom is -0.508 e. The number of carboxylic acid groups (broad SMARTS) is 1. The molecule has 0 fully saturated rings. The quantitative estimate of drug-likeness (QED) is 0.0137. The van der Waals surface area contributed by atoms with Crippen molar-refractivity contribution < 1.29 is 71.0 Å². The fraction of sp³-hybridized carbons (Fsp3) is 0.742. The number of rotatable bonds is 62.